The zero-order valence-corrected chi connectivity index (χ0v) is 28.2. The van der Waals surface area contributed by atoms with E-state index in [9.17, 15) is 14.4 Å². The highest BCUT2D eigenvalue weighted by Crippen LogP contribution is 2.40. The van der Waals surface area contributed by atoms with E-state index in [2.05, 4.69) is 68.9 Å². The van der Waals surface area contributed by atoms with Crippen molar-refractivity contribution in [1.82, 2.24) is 9.29 Å². The first-order valence-corrected chi connectivity index (χ1v) is 18.3. The summed E-state index contributed by atoms with van der Waals surface area (Å²) in [5.41, 5.74) is 0.886. The Hall–Kier alpha value is -4.30. The molecule has 0 bridgehead atoms. The Morgan fingerprint density at radius 2 is 1.67 bits per heavy atom. The molecule has 4 aromatic rings. The van der Waals surface area contributed by atoms with Gasteiger partial charge in [0.25, 0.3) is 14.1 Å². The number of nitrogens with zero attached hydrogens (tertiary/aromatic N) is 3. The lowest BCUT2D eigenvalue weighted by atomic mass is 10.0. The van der Waals surface area contributed by atoms with Gasteiger partial charge in [0.15, 0.2) is 0 Å². The molecule has 7 nitrogen and oxygen atoms in total. The highest BCUT2D eigenvalue weighted by atomic mass is 32.2. The summed E-state index contributed by atoms with van der Waals surface area (Å²) in [7, 11) is -4.83. The first kappa shape index (κ1) is 32.1. The molecule has 232 valence electrons. The van der Waals surface area contributed by atoms with E-state index in [0.29, 0.717) is 10.5 Å². The van der Waals surface area contributed by atoms with Crippen molar-refractivity contribution in [2.24, 2.45) is 17.0 Å². The Balaban J connectivity index is 1.79. The third-order valence-electron chi connectivity index (χ3n) is 8.26. The minimum atomic E-state index is -3.36. The zero-order chi connectivity index (χ0) is 32.6. The minimum Gasteiger partial charge on any atom is -0.345 e. The van der Waals surface area contributed by atoms with Crippen molar-refractivity contribution in [1.29, 1.82) is 5.26 Å². The SMILES string of the molecule is CC(C)[C@H]1C=Cc2c(cn(C)c2C(=O)Nc2ccc(F)c(C#N)c2)S(=O)(=N[Si](c2ccccc2)(c2ccccc2)C(C)(C)C)N1. The van der Waals surface area contributed by atoms with Gasteiger partial charge in [-0.2, -0.15) is 5.26 Å². The van der Waals surface area contributed by atoms with E-state index in [1.165, 1.54) is 12.1 Å². The Morgan fingerprint density at radius 3 is 2.20 bits per heavy atom. The predicted molar refractivity (Wildman–Crippen MR) is 182 cm³/mol. The molecule has 5 rings (SSSR count). The normalized spacial score (nSPS) is 18.2. The van der Waals surface area contributed by atoms with Crippen LogP contribution in [0, 0.1) is 23.1 Å². The summed E-state index contributed by atoms with van der Waals surface area (Å²) in [5.74, 6) is -1.06. The maximum Gasteiger partial charge on any atom is 0.272 e. The van der Waals surface area contributed by atoms with Crippen molar-refractivity contribution < 1.29 is 13.4 Å². The van der Waals surface area contributed by atoms with Crippen LogP contribution < -0.4 is 20.4 Å². The standard InChI is InChI=1S/C35H38FN5O2SSi/c1-24(2)31-20-18-29-32(23-41(6)33(29)34(42)38-26-17-19-30(36)25(21-26)22-37)44(43,39-31)40-45(35(3,4)5,27-13-9-7-10-14-27)28-15-11-8-12-16-28/h7-21,23-24,31H,1-6H3,(H,38,42)(H,39,40,43)/t31-,44?/m1/s1. The number of carbonyl (C=O) groups excluding carboxylic acids is 1. The van der Waals surface area contributed by atoms with Crippen LogP contribution in [0.3, 0.4) is 0 Å². The Kier molecular flexibility index (Phi) is 8.73. The van der Waals surface area contributed by atoms with Crippen LogP contribution in [-0.4, -0.2) is 29.0 Å². The highest BCUT2D eigenvalue weighted by molar-refractivity contribution is 7.92. The Bertz CT molecular complexity index is 1890. The molecule has 0 aliphatic carbocycles. The van der Waals surface area contributed by atoms with Crippen LogP contribution in [0.5, 0.6) is 0 Å². The number of nitrogens with one attached hydrogen (secondary N) is 2. The molecule has 2 atom stereocenters. The molecule has 0 spiro atoms. The van der Waals surface area contributed by atoms with Crippen LogP contribution >= 0.6 is 0 Å². The smallest absolute Gasteiger partial charge is 0.272 e. The first-order chi connectivity index (χ1) is 21.3. The maximum atomic E-state index is 15.7. The van der Waals surface area contributed by atoms with E-state index >= 15 is 4.21 Å². The quantitative estimate of drug-likeness (QED) is 0.245. The molecular weight excluding hydrogens is 602 g/mol. The van der Waals surface area contributed by atoms with Crippen LogP contribution in [0.15, 0.2) is 100 Å². The van der Waals surface area contributed by atoms with Gasteiger partial charge in [-0.3, -0.25) is 4.79 Å². The summed E-state index contributed by atoms with van der Waals surface area (Å²) in [6, 6.07) is 25.6. The molecule has 2 N–H and O–H groups in total. The number of hydrogen-bond acceptors (Lipinski definition) is 4. The van der Waals surface area contributed by atoms with Crippen LogP contribution in [0.4, 0.5) is 10.1 Å². The monoisotopic (exact) mass is 639 g/mol. The largest absolute Gasteiger partial charge is 0.345 e. The van der Waals surface area contributed by atoms with Crippen molar-refractivity contribution in [2.75, 3.05) is 5.32 Å². The molecule has 1 aromatic heterocycles. The summed E-state index contributed by atoms with van der Waals surface area (Å²) in [4.78, 5) is 14.2. The lowest BCUT2D eigenvalue weighted by molar-refractivity contribution is 0.101. The van der Waals surface area contributed by atoms with Gasteiger partial charge in [0.1, 0.15) is 27.5 Å². The number of fused-ring (bicyclic) bond motifs is 1. The van der Waals surface area contributed by atoms with Crippen LogP contribution in [0.1, 0.15) is 56.2 Å². The maximum absolute atomic E-state index is 15.7. The molecule has 1 amide bonds. The fraction of sp³-hybridized carbons (Fsp3) is 0.257. The second-order valence-corrected chi connectivity index (χ2v) is 19.2. The third kappa shape index (κ3) is 5.91. The summed E-state index contributed by atoms with van der Waals surface area (Å²) in [6.07, 6.45) is 5.51. The molecule has 10 heteroatoms. The van der Waals surface area contributed by atoms with Crippen molar-refractivity contribution in [3.8, 4) is 6.07 Å². The van der Waals surface area contributed by atoms with Crippen molar-refractivity contribution in [2.45, 2.75) is 50.6 Å². The molecule has 2 heterocycles. The van der Waals surface area contributed by atoms with E-state index in [1.807, 2.05) is 48.6 Å². The molecule has 0 radical (unpaired) electrons. The van der Waals surface area contributed by atoms with Gasteiger partial charge in [0.05, 0.1) is 10.5 Å². The second-order valence-electron chi connectivity index (χ2n) is 12.7. The van der Waals surface area contributed by atoms with E-state index in [4.69, 9.17) is 4.03 Å². The summed E-state index contributed by atoms with van der Waals surface area (Å²) >= 11 is 0. The van der Waals surface area contributed by atoms with Gasteiger partial charge in [-0.05, 0) is 39.5 Å². The highest BCUT2D eigenvalue weighted by Gasteiger charge is 2.51. The van der Waals surface area contributed by atoms with Crippen LogP contribution in [0.25, 0.3) is 6.08 Å². The molecule has 1 aliphatic rings. The number of rotatable bonds is 6. The Labute approximate surface area is 266 Å². The number of halogens is 1. The molecule has 0 saturated heterocycles. The summed E-state index contributed by atoms with van der Waals surface area (Å²) < 4.78 is 40.4. The van der Waals surface area contributed by atoms with Crippen LogP contribution in [0.2, 0.25) is 5.04 Å². The third-order valence-corrected chi connectivity index (χ3v) is 16.4. The van der Waals surface area contributed by atoms with Gasteiger partial charge < -0.3 is 9.88 Å². The average Bonchev–Trinajstić information content (AvgIpc) is 3.28. The van der Waals surface area contributed by atoms with Gasteiger partial charge in [0, 0.05) is 30.5 Å². The van der Waals surface area contributed by atoms with E-state index in [-0.39, 0.29) is 28.9 Å². The van der Waals surface area contributed by atoms with Crippen LogP contribution in [-0.2, 0) is 17.0 Å². The topological polar surface area (TPSA) is 99.3 Å². The molecule has 45 heavy (non-hydrogen) atoms. The summed E-state index contributed by atoms with van der Waals surface area (Å²) in [6.45, 7) is 10.6. The number of aryl methyl sites for hydroxylation is 1. The summed E-state index contributed by atoms with van der Waals surface area (Å²) in [5, 5.41) is 13.7. The number of amides is 1. The minimum absolute atomic E-state index is 0.0788. The van der Waals surface area contributed by atoms with E-state index in [1.54, 1.807) is 23.9 Å². The van der Waals surface area contributed by atoms with Gasteiger partial charge in [-0.1, -0.05) is 107 Å². The van der Waals surface area contributed by atoms with E-state index in [0.717, 1.165) is 16.4 Å². The first-order valence-electron chi connectivity index (χ1n) is 14.9. The van der Waals surface area contributed by atoms with E-state index < -0.39 is 34.9 Å². The lowest BCUT2D eigenvalue weighted by Crippen LogP contribution is -2.64. The van der Waals surface area contributed by atoms with Crippen molar-refractivity contribution >= 4 is 46.2 Å². The number of anilines is 1. The fourth-order valence-electron chi connectivity index (χ4n) is 5.91. The van der Waals surface area contributed by atoms with Gasteiger partial charge in [-0.15, -0.1) is 0 Å². The second kappa shape index (κ2) is 12.2. The fourth-order valence-corrected chi connectivity index (χ4v) is 15.0. The number of aromatic nitrogens is 1. The number of hydrogen-bond donors (Lipinski definition) is 2. The number of nitriles is 1. The van der Waals surface area contributed by atoms with Gasteiger partial charge in [-0.25, -0.2) is 17.3 Å². The predicted octanol–water partition coefficient (Wildman–Crippen LogP) is 6.23. The van der Waals surface area contributed by atoms with Gasteiger partial charge >= 0.3 is 0 Å². The lowest BCUT2D eigenvalue weighted by Gasteiger charge is -2.40. The average molecular weight is 640 g/mol. The van der Waals surface area contributed by atoms with Crippen molar-refractivity contribution in [3.05, 3.63) is 114 Å². The zero-order valence-electron chi connectivity index (χ0n) is 26.3. The van der Waals surface area contributed by atoms with Gasteiger partial charge in [0.2, 0.25) is 0 Å². The molecule has 1 unspecified atom stereocenters. The van der Waals surface area contributed by atoms with Crippen molar-refractivity contribution in [3.63, 3.8) is 0 Å². The Morgan fingerprint density at radius 1 is 1.07 bits per heavy atom. The molecule has 0 fully saturated rings. The molecule has 1 aliphatic heterocycles. The molecule has 3 aromatic carbocycles. The molecular formula is C35H38FN5O2SSi. The number of carbonyl (C=O) groups is 1. The number of benzene rings is 3. The molecule has 0 saturated carbocycles.